The number of benzene rings is 1. The van der Waals surface area contributed by atoms with Crippen molar-refractivity contribution in [2.45, 2.75) is 124 Å². The number of nitrogens with one attached hydrogen (secondary N) is 2. The van der Waals surface area contributed by atoms with E-state index >= 15 is 0 Å². The molecule has 1 aromatic rings. The molecule has 0 radical (unpaired) electrons. The lowest BCUT2D eigenvalue weighted by atomic mass is 9.73. The van der Waals surface area contributed by atoms with Gasteiger partial charge in [0.2, 0.25) is 11.8 Å². The van der Waals surface area contributed by atoms with Crippen LogP contribution in [0.15, 0.2) is 35.9 Å². The summed E-state index contributed by atoms with van der Waals surface area (Å²) in [5.41, 5.74) is 3.17. The van der Waals surface area contributed by atoms with Crippen molar-refractivity contribution in [2.24, 2.45) is 11.8 Å². The number of hydrogen-bond acceptors (Lipinski definition) is 8. The molecular formula is C37H52N2O10. The average Bonchev–Trinajstić information content (AvgIpc) is 3.01. The molecule has 0 aromatic heterocycles. The number of esters is 2. The number of carbonyl (C=O) groups excluding carboxylic acids is 4. The van der Waals surface area contributed by atoms with Crippen LogP contribution in [0, 0.1) is 11.8 Å². The van der Waals surface area contributed by atoms with E-state index in [1.165, 1.54) is 6.92 Å². The Morgan fingerprint density at radius 2 is 1.43 bits per heavy atom. The summed E-state index contributed by atoms with van der Waals surface area (Å²) in [6.07, 6.45) is 5.55. The quantitative estimate of drug-likeness (QED) is 0.0617. The second-order valence-electron chi connectivity index (χ2n) is 13.2. The number of hydrogen-bond donors (Lipinski definition) is 4. The minimum absolute atomic E-state index is 0.0886. The molecule has 12 heteroatoms. The van der Waals surface area contributed by atoms with E-state index in [4.69, 9.17) is 19.7 Å². The number of unbranched alkanes of at least 4 members (excludes halogenated alkanes) is 2. The molecule has 1 aliphatic carbocycles. The highest BCUT2D eigenvalue weighted by atomic mass is 16.5. The second kappa shape index (κ2) is 19.5. The van der Waals surface area contributed by atoms with Crippen LogP contribution >= 0.6 is 0 Å². The van der Waals surface area contributed by atoms with Crippen LogP contribution in [0.1, 0.15) is 116 Å². The monoisotopic (exact) mass is 684 g/mol. The van der Waals surface area contributed by atoms with Gasteiger partial charge in [0.05, 0.1) is 12.8 Å². The van der Waals surface area contributed by atoms with Crippen molar-refractivity contribution in [3.63, 3.8) is 0 Å². The molecule has 0 saturated carbocycles. The SMILES string of the molecule is C=C(C)C1CCC(C)=CC1c1c(OC(=O)[C@H](C)NC(=O)CCC(=O)O)cc(CCCCC)cc1OC(=O)[C@@H](NC(=O)CCC(=O)O)C(C)C. The maximum absolute atomic E-state index is 13.8. The van der Waals surface area contributed by atoms with Gasteiger partial charge in [-0.2, -0.15) is 0 Å². The first-order valence-electron chi connectivity index (χ1n) is 17.0. The van der Waals surface area contributed by atoms with Crippen LogP contribution in [0.2, 0.25) is 0 Å². The van der Waals surface area contributed by atoms with Crippen molar-refractivity contribution in [1.29, 1.82) is 0 Å². The lowest BCUT2D eigenvalue weighted by Gasteiger charge is -2.33. The van der Waals surface area contributed by atoms with E-state index in [0.717, 1.165) is 48.8 Å². The van der Waals surface area contributed by atoms with Gasteiger partial charge in [-0.3, -0.25) is 19.2 Å². The fourth-order valence-electron chi connectivity index (χ4n) is 5.71. The standard InChI is InChI=1S/C37H52N2O10/c1-8-9-10-11-25-19-28(48-36(46)24(7)38-30(40)14-16-32(42)43)34(27-18-23(6)12-13-26(27)21(2)3)29(20-25)49-37(47)35(22(4)5)39-31(41)15-17-33(44)45/h18-20,22,24,26-27,35H,2,8-17H2,1,3-7H3,(H,38,40)(H,39,41)(H,42,43)(H,44,45)/t24-,26?,27?,35-/m0/s1. The maximum atomic E-state index is 13.8. The molecule has 2 unspecified atom stereocenters. The number of amides is 2. The van der Waals surface area contributed by atoms with Crippen molar-refractivity contribution in [2.75, 3.05) is 0 Å². The Bertz CT molecular complexity index is 1430. The summed E-state index contributed by atoms with van der Waals surface area (Å²) in [5.74, 6) is -5.62. The normalized spacial score (nSPS) is 16.9. The van der Waals surface area contributed by atoms with E-state index in [9.17, 15) is 28.8 Å². The van der Waals surface area contributed by atoms with E-state index in [-0.39, 0.29) is 36.7 Å². The van der Waals surface area contributed by atoms with Crippen LogP contribution in [0.4, 0.5) is 0 Å². The van der Waals surface area contributed by atoms with Crippen LogP contribution in [-0.4, -0.2) is 58.0 Å². The molecule has 0 spiro atoms. The number of ether oxygens (including phenoxy) is 2. The molecule has 270 valence electrons. The number of aryl methyl sites for hydroxylation is 1. The molecule has 2 amide bonds. The Labute approximate surface area is 288 Å². The summed E-state index contributed by atoms with van der Waals surface area (Å²) in [7, 11) is 0. The van der Waals surface area contributed by atoms with E-state index in [0.29, 0.717) is 12.0 Å². The van der Waals surface area contributed by atoms with Crippen LogP contribution in [0.25, 0.3) is 0 Å². The van der Waals surface area contributed by atoms with Crippen molar-refractivity contribution >= 4 is 35.7 Å². The highest BCUT2D eigenvalue weighted by molar-refractivity contribution is 5.88. The third-order valence-electron chi connectivity index (χ3n) is 8.47. The van der Waals surface area contributed by atoms with Gasteiger partial charge in [0.15, 0.2) is 0 Å². The molecule has 1 aliphatic rings. The number of aliphatic carboxylic acids is 2. The zero-order valence-corrected chi connectivity index (χ0v) is 29.6. The molecule has 49 heavy (non-hydrogen) atoms. The zero-order valence-electron chi connectivity index (χ0n) is 29.6. The number of carboxylic acid groups (broad SMARTS) is 2. The fourth-order valence-corrected chi connectivity index (χ4v) is 5.71. The second-order valence-corrected chi connectivity index (χ2v) is 13.2. The smallest absolute Gasteiger partial charge is 0.334 e. The Balaban J connectivity index is 2.67. The largest absolute Gasteiger partial charge is 0.481 e. The summed E-state index contributed by atoms with van der Waals surface area (Å²) < 4.78 is 12.1. The lowest BCUT2D eigenvalue weighted by Crippen LogP contribution is -2.46. The van der Waals surface area contributed by atoms with Gasteiger partial charge in [-0.15, -0.1) is 0 Å². The highest BCUT2D eigenvalue weighted by Gasteiger charge is 2.35. The molecule has 0 bridgehead atoms. The summed E-state index contributed by atoms with van der Waals surface area (Å²) in [6.45, 7) is 15.1. The van der Waals surface area contributed by atoms with Gasteiger partial charge in [-0.05, 0) is 76.0 Å². The Morgan fingerprint density at radius 1 is 0.878 bits per heavy atom. The zero-order chi connectivity index (χ0) is 36.8. The molecule has 0 heterocycles. The average molecular weight is 685 g/mol. The van der Waals surface area contributed by atoms with Gasteiger partial charge in [0.1, 0.15) is 23.6 Å². The van der Waals surface area contributed by atoms with Gasteiger partial charge in [0.25, 0.3) is 0 Å². The Hall–Kier alpha value is -4.48. The molecule has 12 nitrogen and oxygen atoms in total. The summed E-state index contributed by atoms with van der Waals surface area (Å²) in [4.78, 5) is 74.0. The molecule has 1 aromatic carbocycles. The number of carbonyl (C=O) groups is 6. The van der Waals surface area contributed by atoms with Gasteiger partial charge in [-0.25, -0.2) is 9.59 Å². The van der Waals surface area contributed by atoms with Gasteiger partial charge >= 0.3 is 23.9 Å². The Kier molecular flexibility index (Phi) is 16.2. The van der Waals surface area contributed by atoms with Crippen LogP contribution in [0.5, 0.6) is 11.5 Å². The van der Waals surface area contributed by atoms with Crippen molar-refractivity contribution in [1.82, 2.24) is 10.6 Å². The predicted octanol–water partition coefficient (Wildman–Crippen LogP) is 5.62. The molecular weight excluding hydrogens is 632 g/mol. The molecule has 0 fully saturated rings. The first-order chi connectivity index (χ1) is 23.0. The summed E-state index contributed by atoms with van der Waals surface area (Å²) >= 11 is 0. The summed E-state index contributed by atoms with van der Waals surface area (Å²) in [5, 5.41) is 23.0. The van der Waals surface area contributed by atoms with E-state index < -0.39 is 66.0 Å². The minimum Gasteiger partial charge on any atom is -0.481 e. The minimum atomic E-state index is -1.14. The molecule has 0 aliphatic heterocycles. The predicted molar refractivity (Wildman–Crippen MR) is 183 cm³/mol. The van der Waals surface area contributed by atoms with Gasteiger partial charge in [-0.1, -0.05) is 57.4 Å². The van der Waals surface area contributed by atoms with Crippen molar-refractivity contribution in [3.8, 4) is 11.5 Å². The van der Waals surface area contributed by atoms with E-state index in [1.807, 2.05) is 19.9 Å². The number of allylic oxidation sites excluding steroid dienone is 3. The molecule has 2 rings (SSSR count). The highest BCUT2D eigenvalue weighted by Crippen LogP contribution is 2.47. The van der Waals surface area contributed by atoms with Gasteiger partial charge in [0, 0.05) is 24.3 Å². The van der Waals surface area contributed by atoms with E-state index in [2.05, 4.69) is 24.1 Å². The van der Waals surface area contributed by atoms with Crippen molar-refractivity contribution in [3.05, 3.63) is 47.1 Å². The first-order valence-corrected chi connectivity index (χ1v) is 17.0. The van der Waals surface area contributed by atoms with Crippen molar-refractivity contribution < 1.29 is 48.5 Å². The first kappa shape index (κ1) is 40.7. The maximum Gasteiger partial charge on any atom is 0.334 e. The number of rotatable bonds is 19. The van der Waals surface area contributed by atoms with Crippen LogP contribution in [-0.2, 0) is 35.2 Å². The third kappa shape index (κ3) is 13.2. The Morgan fingerprint density at radius 3 is 1.94 bits per heavy atom. The van der Waals surface area contributed by atoms with Crippen LogP contribution in [0.3, 0.4) is 0 Å². The third-order valence-corrected chi connectivity index (χ3v) is 8.47. The molecule has 4 N–H and O–H groups in total. The fraction of sp³-hybridized carbons (Fsp3) is 0.568. The molecule has 4 atom stereocenters. The topological polar surface area (TPSA) is 185 Å². The summed E-state index contributed by atoms with van der Waals surface area (Å²) in [6, 6.07) is 1.30. The number of carboxylic acids is 2. The lowest BCUT2D eigenvalue weighted by molar-refractivity contribution is -0.141. The van der Waals surface area contributed by atoms with E-state index in [1.54, 1.807) is 26.0 Å². The van der Waals surface area contributed by atoms with Gasteiger partial charge < -0.3 is 30.3 Å². The molecule has 0 saturated heterocycles. The van der Waals surface area contributed by atoms with Crippen LogP contribution < -0.4 is 20.1 Å².